The number of carbonyl (C=O) groups is 2. The number of nitrogens with one attached hydrogen (secondary N) is 1. The monoisotopic (exact) mass is 381 g/mol. The van der Waals surface area contributed by atoms with Gasteiger partial charge in [-0.2, -0.15) is 0 Å². The number of carbonyl (C=O) groups excluding carboxylic acids is 2. The standard InChI is InChI=1S/C16H16ClN3O4S/c1-3-24-15(23)13(9(2)21)25-16-18-14(22)12(19-20-16)8-10-6-4-5-7-11(10)17/h4-7,13H,3,8H2,1-2H3,(H,18,20,22). The number of ether oxygens (including phenoxy) is 1. The second-order valence-electron chi connectivity index (χ2n) is 5.03. The van der Waals surface area contributed by atoms with E-state index in [0.717, 1.165) is 17.3 Å². The van der Waals surface area contributed by atoms with Crippen LogP contribution in [-0.2, 0) is 20.7 Å². The van der Waals surface area contributed by atoms with Gasteiger partial charge in [-0.1, -0.05) is 41.6 Å². The Morgan fingerprint density at radius 2 is 2.04 bits per heavy atom. The second kappa shape index (κ2) is 8.77. The summed E-state index contributed by atoms with van der Waals surface area (Å²) >= 11 is 6.87. The van der Waals surface area contributed by atoms with E-state index in [1.165, 1.54) is 6.92 Å². The quantitative estimate of drug-likeness (QED) is 0.444. The lowest BCUT2D eigenvalue weighted by Gasteiger charge is -2.11. The molecular formula is C16H16ClN3O4S. The van der Waals surface area contributed by atoms with Crippen LogP contribution in [0.4, 0.5) is 0 Å². The van der Waals surface area contributed by atoms with Crippen LogP contribution in [0.3, 0.4) is 0 Å². The molecule has 1 aromatic carbocycles. The fourth-order valence-electron chi connectivity index (χ4n) is 1.96. The summed E-state index contributed by atoms with van der Waals surface area (Å²) in [5.41, 5.74) is 0.481. The molecule has 0 aliphatic carbocycles. The highest BCUT2D eigenvalue weighted by atomic mass is 35.5. The lowest BCUT2D eigenvalue weighted by Crippen LogP contribution is -2.28. The number of rotatable bonds is 7. The summed E-state index contributed by atoms with van der Waals surface area (Å²) in [6, 6.07) is 7.11. The van der Waals surface area contributed by atoms with Crippen molar-refractivity contribution in [3.8, 4) is 0 Å². The number of nitrogens with zero attached hydrogens (tertiary/aromatic N) is 2. The predicted octanol–water partition coefficient (Wildman–Crippen LogP) is 2.02. The van der Waals surface area contributed by atoms with Gasteiger partial charge in [0.2, 0.25) is 0 Å². The van der Waals surface area contributed by atoms with Crippen molar-refractivity contribution in [1.29, 1.82) is 0 Å². The van der Waals surface area contributed by atoms with E-state index in [1.54, 1.807) is 25.1 Å². The maximum Gasteiger partial charge on any atom is 0.327 e. The zero-order valence-electron chi connectivity index (χ0n) is 13.6. The van der Waals surface area contributed by atoms with Crippen LogP contribution >= 0.6 is 23.4 Å². The molecule has 1 unspecified atom stereocenters. The molecule has 25 heavy (non-hydrogen) atoms. The van der Waals surface area contributed by atoms with E-state index < -0.39 is 22.6 Å². The third-order valence-corrected chi connectivity index (χ3v) is 4.69. The first-order chi connectivity index (χ1) is 11.9. The molecule has 1 atom stereocenters. The van der Waals surface area contributed by atoms with E-state index in [4.69, 9.17) is 16.3 Å². The third kappa shape index (κ3) is 5.14. The van der Waals surface area contributed by atoms with Crippen LogP contribution in [0.15, 0.2) is 34.2 Å². The zero-order valence-corrected chi connectivity index (χ0v) is 15.2. The Hall–Kier alpha value is -2.19. The van der Waals surface area contributed by atoms with Gasteiger partial charge in [-0.25, -0.2) is 0 Å². The summed E-state index contributed by atoms with van der Waals surface area (Å²) in [4.78, 5) is 38.1. The predicted molar refractivity (Wildman–Crippen MR) is 93.9 cm³/mol. The minimum atomic E-state index is -1.10. The Kier molecular flexibility index (Phi) is 6.72. The van der Waals surface area contributed by atoms with Crippen LogP contribution in [-0.4, -0.2) is 38.8 Å². The number of benzene rings is 1. The van der Waals surface area contributed by atoms with Crippen molar-refractivity contribution in [3.63, 3.8) is 0 Å². The van der Waals surface area contributed by atoms with Gasteiger partial charge in [-0.05, 0) is 25.5 Å². The van der Waals surface area contributed by atoms with Crippen molar-refractivity contribution in [1.82, 2.24) is 15.2 Å². The van der Waals surface area contributed by atoms with Crippen LogP contribution in [0.5, 0.6) is 0 Å². The first kappa shape index (κ1) is 19.1. The van der Waals surface area contributed by atoms with E-state index in [2.05, 4.69) is 15.2 Å². The molecule has 0 amide bonds. The number of thioether (sulfide) groups is 1. The molecule has 0 saturated carbocycles. The molecule has 0 fully saturated rings. The van der Waals surface area contributed by atoms with Crippen LogP contribution in [0.1, 0.15) is 25.1 Å². The second-order valence-corrected chi connectivity index (χ2v) is 6.54. The van der Waals surface area contributed by atoms with Crippen molar-refractivity contribution in [2.24, 2.45) is 0 Å². The van der Waals surface area contributed by atoms with Crippen LogP contribution in [0, 0.1) is 0 Å². The van der Waals surface area contributed by atoms with Gasteiger partial charge in [0.05, 0.1) is 6.61 Å². The largest absolute Gasteiger partial charge is 0.465 e. The van der Waals surface area contributed by atoms with Gasteiger partial charge in [0.25, 0.3) is 5.56 Å². The molecule has 0 bridgehead atoms. The molecule has 132 valence electrons. The molecule has 1 heterocycles. The van der Waals surface area contributed by atoms with Crippen molar-refractivity contribution in [2.75, 3.05) is 6.61 Å². The molecule has 0 saturated heterocycles. The molecule has 2 rings (SSSR count). The minimum absolute atomic E-state index is 0.0705. The highest BCUT2D eigenvalue weighted by Crippen LogP contribution is 2.21. The van der Waals surface area contributed by atoms with E-state index in [0.29, 0.717) is 5.02 Å². The van der Waals surface area contributed by atoms with E-state index in [1.807, 2.05) is 6.07 Å². The Morgan fingerprint density at radius 1 is 1.32 bits per heavy atom. The molecular weight excluding hydrogens is 366 g/mol. The van der Waals surface area contributed by atoms with Crippen molar-refractivity contribution < 1.29 is 14.3 Å². The van der Waals surface area contributed by atoms with Gasteiger partial charge < -0.3 is 4.74 Å². The number of aromatic nitrogens is 3. The van der Waals surface area contributed by atoms with Crippen LogP contribution < -0.4 is 5.56 Å². The highest BCUT2D eigenvalue weighted by Gasteiger charge is 2.27. The molecule has 0 aliphatic rings. The number of Topliss-reactive ketones (excluding diaryl/α,β-unsaturated/α-hetero) is 1. The summed E-state index contributed by atoms with van der Waals surface area (Å²) in [6.07, 6.45) is 0.223. The number of ketones is 1. The minimum Gasteiger partial charge on any atom is -0.465 e. The molecule has 1 aromatic heterocycles. The number of hydrogen-bond donors (Lipinski definition) is 1. The number of hydrogen-bond acceptors (Lipinski definition) is 7. The molecule has 2 aromatic rings. The molecule has 9 heteroatoms. The smallest absolute Gasteiger partial charge is 0.327 e. The van der Waals surface area contributed by atoms with Crippen molar-refractivity contribution >= 4 is 35.1 Å². The van der Waals surface area contributed by atoms with Gasteiger partial charge in [0.15, 0.2) is 16.2 Å². The Balaban J connectivity index is 2.18. The maximum atomic E-state index is 12.2. The van der Waals surface area contributed by atoms with E-state index in [9.17, 15) is 14.4 Å². The average molecular weight is 382 g/mol. The zero-order chi connectivity index (χ0) is 18.4. The number of aromatic amines is 1. The van der Waals surface area contributed by atoms with Crippen molar-refractivity contribution in [2.45, 2.75) is 30.7 Å². The van der Waals surface area contributed by atoms with Crippen molar-refractivity contribution in [3.05, 3.63) is 50.9 Å². The lowest BCUT2D eigenvalue weighted by molar-refractivity contribution is -0.144. The Bertz CT molecular complexity index is 840. The summed E-state index contributed by atoms with van der Waals surface area (Å²) in [5.74, 6) is -1.07. The molecule has 7 nitrogen and oxygen atoms in total. The van der Waals surface area contributed by atoms with Gasteiger partial charge in [0, 0.05) is 11.4 Å². The van der Waals surface area contributed by atoms with E-state index >= 15 is 0 Å². The van der Waals surface area contributed by atoms with Gasteiger partial charge >= 0.3 is 5.97 Å². The molecule has 1 N–H and O–H groups in total. The Labute approximate surface area is 153 Å². The van der Waals surface area contributed by atoms with Crippen LogP contribution in [0.25, 0.3) is 0 Å². The number of H-pyrrole nitrogens is 1. The summed E-state index contributed by atoms with van der Waals surface area (Å²) in [7, 11) is 0. The highest BCUT2D eigenvalue weighted by molar-refractivity contribution is 8.01. The third-order valence-electron chi connectivity index (χ3n) is 3.16. The fraction of sp³-hybridized carbons (Fsp3) is 0.312. The summed E-state index contributed by atoms with van der Waals surface area (Å²) in [6.45, 7) is 3.07. The summed E-state index contributed by atoms with van der Waals surface area (Å²) < 4.78 is 4.85. The number of halogens is 1. The van der Waals surface area contributed by atoms with Crippen LogP contribution in [0.2, 0.25) is 5.02 Å². The first-order valence-electron chi connectivity index (χ1n) is 7.45. The fourth-order valence-corrected chi connectivity index (χ4v) is 2.96. The normalized spacial score (nSPS) is 11.8. The SMILES string of the molecule is CCOC(=O)C(Sc1nnc(Cc2ccccc2Cl)c(=O)[nH]1)C(C)=O. The lowest BCUT2D eigenvalue weighted by atomic mass is 10.1. The van der Waals surface area contributed by atoms with Gasteiger partial charge in [0.1, 0.15) is 5.69 Å². The van der Waals surface area contributed by atoms with Gasteiger partial charge in [-0.15, -0.1) is 10.2 Å². The van der Waals surface area contributed by atoms with Gasteiger partial charge in [-0.3, -0.25) is 19.4 Å². The Morgan fingerprint density at radius 3 is 2.64 bits per heavy atom. The molecule has 0 aliphatic heterocycles. The number of esters is 1. The maximum absolute atomic E-state index is 12.2. The summed E-state index contributed by atoms with van der Waals surface area (Å²) in [5, 5.41) is 7.28. The van der Waals surface area contributed by atoms with E-state index in [-0.39, 0.29) is 23.9 Å². The topological polar surface area (TPSA) is 102 Å². The molecule has 0 spiro atoms. The first-order valence-corrected chi connectivity index (χ1v) is 8.71. The average Bonchev–Trinajstić information content (AvgIpc) is 2.56. The molecule has 0 radical (unpaired) electrons.